The number of hydrogen-bond acceptors (Lipinski definition) is 7. The molecule has 0 atom stereocenters. The standard InChI is InChI=1S/C28H29F3N6O5S/c1-2-33-43(40,41)36-22-5-3-4-18(24(22)30)14-37-15-32-27-23(37)13-19(28(39)35-42-11-10-38)26(25(27)31)34-21-9-8-17(12-20(21)29)16-6-7-16/h3-5,8-9,12-13,15-16,33-34,36,38H,2,6-7,10-11,14H2,1H3,(H,35,39). The number of benzene rings is 3. The molecule has 4 aromatic rings. The van der Waals surface area contributed by atoms with Crippen LogP contribution in [-0.4, -0.2) is 48.7 Å². The first-order valence-corrected chi connectivity index (χ1v) is 14.9. The topological polar surface area (TPSA) is 147 Å². The maximum atomic E-state index is 16.0. The maximum Gasteiger partial charge on any atom is 0.299 e. The Bertz CT molecular complexity index is 1780. The SMILES string of the molecule is CCNS(=O)(=O)Nc1cccc(Cn2cnc3c(F)c(Nc4ccc(C5CC5)cc4F)c(C(=O)NOCCO)cc32)c1F. The van der Waals surface area contributed by atoms with E-state index in [-0.39, 0.29) is 65.5 Å². The van der Waals surface area contributed by atoms with E-state index in [1.807, 2.05) is 0 Å². The number of aliphatic hydroxyl groups excluding tert-OH is 1. The number of anilines is 3. The van der Waals surface area contributed by atoms with Gasteiger partial charge in [0.1, 0.15) is 11.3 Å². The van der Waals surface area contributed by atoms with Gasteiger partial charge in [-0.25, -0.2) is 23.6 Å². The average Bonchev–Trinajstić information content (AvgIpc) is 3.74. The predicted molar refractivity (Wildman–Crippen MR) is 154 cm³/mol. The lowest BCUT2D eigenvalue weighted by Crippen LogP contribution is -2.30. The van der Waals surface area contributed by atoms with E-state index in [1.54, 1.807) is 13.0 Å². The van der Waals surface area contributed by atoms with E-state index < -0.39 is 33.6 Å². The normalized spacial score (nSPS) is 13.3. The Morgan fingerprint density at radius 3 is 2.60 bits per heavy atom. The number of nitrogens with one attached hydrogen (secondary N) is 4. The third-order valence-electron chi connectivity index (χ3n) is 6.76. The molecule has 1 heterocycles. The largest absolute Gasteiger partial charge is 0.394 e. The number of carbonyl (C=O) groups is 1. The van der Waals surface area contributed by atoms with Crippen molar-refractivity contribution >= 4 is 44.2 Å². The lowest BCUT2D eigenvalue weighted by Gasteiger charge is -2.16. The maximum absolute atomic E-state index is 16.0. The van der Waals surface area contributed by atoms with Crippen LogP contribution in [0.15, 0.2) is 48.8 Å². The molecular weight excluding hydrogens is 589 g/mol. The van der Waals surface area contributed by atoms with Crippen LogP contribution in [0.25, 0.3) is 11.0 Å². The van der Waals surface area contributed by atoms with E-state index in [2.05, 4.69) is 25.2 Å². The van der Waals surface area contributed by atoms with Gasteiger partial charge in [-0.05, 0) is 48.6 Å². The molecule has 1 aliphatic carbocycles. The van der Waals surface area contributed by atoms with Gasteiger partial charge >= 0.3 is 0 Å². The van der Waals surface area contributed by atoms with Crippen molar-refractivity contribution in [2.75, 3.05) is 29.8 Å². The van der Waals surface area contributed by atoms with Crippen molar-refractivity contribution in [1.82, 2.24) is 19.8 Å². The zero-order chi connectivity index (χ0) is 30.7. The van der Waals surface area contributed by atoms with Crippen molar-refractivity contribution in [3.63, 3.8) is 0 Å². The zero-order valence-corrected chi connectivity index (χ0v) is 23.8. The molecule has 0 spiro atoms. The fourth-order valence-corrected chi connectivity index (χ4v) is 5.47. The van der Waals surface area contributed by atoms with Gasteiger partial charge in [0.25, 0.3) is 16.1 Å². The van der Waals surface area contributed by atoms with E-state index >= 15 is 8.78 Å². The van der Waals surface area contributed by atoms with Crippen molar-refractivity contribution in [1.29, 1.82) is 0 Å². The molecule has 0 radical (unpaired) electrons. The second-order valence-corrected chi connectivity index (χ2v) is 11.4. The van der Waals surface area contributed by atoms with E-state index in [9.17, 15) is 17.6 Å². The van der Waals surface area contributed by atoms with Crippen molar-refractivity contribution in [3.8, 4) is 0 Å². The Morgan fingerprint density at radius 1 is 1.12 bits per heavy atom. The summed E-state index contributed by atoms with van der Waals surface area (Å²) in [6.45, 7) is 0.843. The average molecular weight is 619 g/mol. The highest BCUT2D eigenvalue weighted by atomic mass is 32.2. The fraction of sp³-hybridized carbons (Fsp3) is 0.286. The first-order valence-electron chi connectivity index (χ1n) is 13.4. The minimum atomic E-state index is -4.00. The Balaban J connectivity index is 1.52. The third kappa shape index (κ3) is 6.74. The molecule has 3 aromatic carbocycles. The highest BCUT2D eigenvalue weighted by Crippen LogP contribution is 2.41. The van der Waals surface area contributed by atoms with Crippen molar-refractivity contribution in [2.24, 2.45) is 0 Å². The van der Waals surface area contributed by atoms with Crippen LogP contribution in [0.5, 0.6) is 0 Å². The molecule has 0 saturated heterocycles. The van der Waals surface area contributed by atoms with Crippen LogP contribution in [0.3, 0.4) is 0 Å². The molecule has 1 aliphatic rings. The van der Waals surface area contributed by atoms with Crippen LogP contribution in [0.4, 0.5) is 30.2 Å². The van der Waals surface area contributed by atoms with Crippen molar-refractivity contribution in [3.05, 3.63) is 82.9 Å². The van der Waals surface area contributed by atoms with E-state index in [0.717, 1.165) is 18.4 Å². The Labute approximate surface area is 245 Å². The number of hydroxylamine groups is 1. The Hall–Kier alpha value is -4.18. The highest BCUT2D eigenvalue weighted by Gasteiger charge is 2.26. The van der Waals surface area contributed by atoms with Gasteiger partial charge in [0.15, 0.2) is 11.6 Å². The number of hydrogen-bond donors (Lipinski definition) is 5. The highest BCUT2D eigenvalue weighted by molar-refractivity contribution is 7.90. The van der Waals surface area contributed by atoms with Crippen LogP contribution in [0.2, 0.25) is 0 Å². The second kappa shape index (κ2) is 12.6. The lowest BCUT2D eigenvalue weighted by atomic mass is 10.1. The van der Waals surface area contributed by atoms with Crippen LogP contribution in [-0.2, 0) is 21.6 Å². The number of carbonyl (C=O) groups excluding carboxylic acids is 1. The van der Waals surface area contributed by atoms with Crippen LogP contribution < -0.4 is 20.2 Å². The molecule has 15 heteroatoms. The monoisotopic (exact) mass is 618 g/mol. The first kappa shape index (κ1) is 30.3. The summed E-state index contributed by atoms with van der Waals surface area (Å²) in [5.41, 5.74) is 1.90. The Morgan fingerprint density at radius 2 is 1.91 bits per heavy atom. The molecule has 228 valence electrons. The van der Waals surface area contributed by atoms with Crippen molar-refractivity contribution in [2.45, 2.75) is 32.2 Å². The molecule has 0 unspecified atom stereocenters. The molecule has 1 amide bonds. The van der Waals surface area contributed by atoms with Gasteiger partial charge in [0.05, 0.1) is 54.2 Å². The molecule has 1 fully saturated rings. The number of fused-ring (bicyclic) bond motifs is 1. The lowest BCUT2D eigenvalue weighted by molar-refractivity contribution is 0.0169. The molecule has 5 rings (SSSR count). The van der Waals surface area contributed by atoms with Gasteiger partial charge in [-0.15, -0.1) is 0 Å². The number of rotatable bonds is 13. The van der Waals surface area contributed by atoms with Crippen LogP contribution >= 0.6 is 0 Å². The van der Waals surface area contributed by atoms with Gasteiger partial charge in [0.2, 0.25) is 0 Å². The molecule has 0 aliphatic heterocycles. The summed E-state index contributed by atoms with van der Waals surface area (Å²) >= 11 is 0. The van der Waals surface area contributed by atoms with Crippen molar-refractivity contribution < 1.29 is 36.3 Å². The van der Waals surface area contributed by atoms with Crippen LogP contribution in [0, 0.1) is 17.5 Å². The summed E-state index contributed by atoms with van der Waals surface area (Å²) < 4.78 is 76.2. The summed E-state index contributed by atoms with van der Waals surface area (Å²) in [5.74, 6) is -3.06. The molecule has 5 N–H and O–H groups in total. The minimum Gasteiger partial charge on any atom is -0.394 e. The summed E-state index contributed by atoms with van der Waals surface area (Å²) in [7, 11) is -4.00. The molecule has 1 aromatic heterocycles. The van der Waals surface area contributed by atoms with E-state index in [0.29, 0.717) is 5.92 Å². The number of nitrogens with zero attached hydrogens (tertiary/aromatic N) is 2. The van der Waals surface area contributed by atoms with E-state index in [1.165, 1.54) is 47.3 Å². The smallest absolute Gasteiger partial charge is 0.299 e. The molecule has 43 heavy (non-hydrogen) atoms. The van der Waals surface area contributed by atoms with Gasteiger partial charge < -0.3 is 15.0 Å². The second-order valence-electron chi connectivity index (χ2n) is 9.88. The molecule has 0 bridgehead atoms. The van der Waals surface area contributed by atoms with Crippen LogP contribution in [0.1, 0.15) is 47.2 Å². The minimum absolute atomic E-state index is 0.0497. The summed E-state index contributed by atoms with van der Waals surface area (Å²) in [6.07, 6.45) is 3.18. The quantitative estimate of drug-likeness (QED) is 0.112. The number of halogens is 3. The number of amides is 1. The fourth-order valence-electron chi connectivity index (χ4n) is 4.58. The summed E-state index contributed by atoms with van der Waals surface area (Å²) in [4.78, 5) is 22.1. The molecular formula is C28H29F3N6O5S. The van der Waals surface area contributed by atoms with Gasteiger partial charge in [-0.1, -0.05) is 25.1 Å². The third-order valence-corrected chi connectivity index (χ3v) is 7.92. The van der Waals surface area contributed by atoms with Gasteiger partial charge in [-0.2, -0.15) is 13.1 Å². The first-order chi connectivity index (χ1) is 20.6. The Kier molecular flexibility index (Phi) is 8.87. The number of aliphatic hydroxyl groups is 1. The van der Waals surface area contributed by atoms with Gasteiger partial charge in [0, 0.05) is 12.1 Å². The predicted octanol–water partition coefficient (Wildman–Crippen LogP) is 4.04. The molecule has 1 saturated carbocycles. The summed E-state index contributed by atoms with van der Waals surface area (Å²) in [5, 5.41) is 11.7. The zero-order valence-electron chi connectivity index (χ0n) is 23.0. The van der Waals surface area contributed by atoms with E-state index in [4.69, 9.17) is 9.94 Å². The summed E-state index contributed by atoms with van der Waals surface area (Å²) in [6, 6.07) is 9.98. The van der Waals surface area contributed by atoms with Gasteiger partial charge in [-0.3, -0.25) is 14.4 Å². The number of imidazole rings is 1. The number of aromatic nitrogens is 2. The molecule has 11 nitrogen and oxygen atoms in total.